The number of amides is 4. The number of nitrogens with zero attached hydrogens (tertiary/aromatic N) is 1. The molecule has 3 rings (SSSR count). The van der Waals surface area contributed by atoms with Crippen molar-refractivity contribution >= 4 is 45.1 Å². The molecule has 0 aromatic carbocycles. The minimum absolute atomic E-state index is 0.218. The van der Waals surface area contributed by atoms with Crippen molar-refractivity contribution in [3.8, 4) is 0 Å². The molecule has 2 heterocycles. The van der Waals surface area contributed by atoms with Gasteiger partial charge in [-0.05, 0) is 34.8 Å². The van der Waals surface area contributed by atoms with Gasteiger partial charge in [-0.15, -0.1) is 11.3 Å². The van der Waals surface area contributed by atoms with E-state index in [-0.39, 0.29) is 12.5 Å². The molecule has 4 amide bonds. The molecule has 1 saturated heterocycles. The molecule has 1 aliphatic carbocycles. The summed E-state index contributed by atoms with van der Waals surface area (Å²) in [6.45, 7) is 0.218. The van der Waals surface area contributed by atoms with Gasteiger partial charge in [-0.2, -0.15) is 0 Å². The average molecular weight is 357 g/mol. The Morgan fingerprint density at radius 2 is 2.00 bits per heavy atom. The molecule has 106 valence electrons. The summed E-state index contributed by atoms with van der Waals surface area (Å²) in [5.41, 5.74) is -1.01. The van der Waals surface area contributed by atoms with E-state index in [1.807, 2.05) is 11.4 Å². The zero-order valence-electron chi connectivity index (χ0n) is 10.6. The molecule has 1 N–H and O–H groups in total. The molecule has 0 radical (unpaired) electrons. The molecule has 5 nitrogen and oxygen atoms in total. The molecule has 1 aromatic heterocycles. The molecule has 7 heteroatoms. The Labute approximate surface area is 128 Å². The molecule has 2 aliphatic rings. The molecule has 0 unspecified atom stereocenters. The number of imide groups is 2. The molecule has 1 saturated carbocycles. The Morgan fingerprint density at radius 1 is 1.30 bits per heavy atom. The SMILES string of the molecule is O=C1NC(=O)C2(CCCC2)C(=O)N1Cc1cc(Br)cs1. The molecule has 1 spiro atoms. The van der Waals surface area contributed by atoms with Gasteiger partial charge in [-0.1, -0.05) is 12.8 Å². The van der Waals surface area contributed by atoms with Gasteiger partial charge in [0.1, 0.15) is 5.41 Å². The number of hydrogen-bond donors (Lipinski definition) is 1. The van der Waals surface area contributed by atoms with Gasteiger partial charge in [0, 0.05) is 14.7 Å². The molecular weight excluding hydrogens is 344 g/mol. The van der Waals surface area contributed by atoms with Crippen LogP contribution in [-0.4, -0.2) is 22.7 Å². The molecule has 1 aromatic rings. The van der Waals surface area contributed by atoms with Gasteiger partial charge >= 0.3 is 6.03 Å². The summed E-state index contributed by atoms with van der Waals surface area (Å²) in [5, 5.41) is 4.24. The number of barbiturate groups is 1. The molecule has 0 bridgehead atoms. The second-order valence-electron chi connectivity index (χ2n) is 5.17. The van der Waals surface area contributed by atoms with Crippen LogP contribution in [0.3, 0.4) is 0 Å². The smallest absolute Gasteiger partial charge is 0.277 e. The number of halogens is 1. The van der Waals surface area contributed by atoms with Gasteiger partial charge in [0.25, 0.3) is 0 Å². The highest BCUT2D eigenvalue weighted by atomic mass is 79.9. The van der Waals surface area contributed by atoms with Crippen molar-refractivity contribution in [2.45, 2.75) is 32.2 Å². The summed E-state index contributed by atoms with van der Waals surface area (Å²) in [6.07, 6.45) is 2.78. The van der Waals surface area contributed by atoms with Crippen LogP contribution in [0.25, 0.3) is 0 Å². The third-order valence-corrected chi connectivity index (χ3v) is 5.63. The fraction of sp³-hybridized carbons (Fsp3) is 0.462. The Bertz CT molecular complexity index is 592. The lowest BCUT2D eigenvalue weighted by Crippen LogP contribution is -2.62. The highest BCUT2D eigenvalue weighted by Crippen LogP contribution is 2.42. The summed E-state index contributed by atoms with van der Waals surface area (Å²) in [5.74, 6) is -0.762. The Kier molecular flexibility index (Phi) is 3.41. The van der Waals surface area contributed by atoms with Crippen LogP contribution < -0.4 is 5.32 Å². The lowest BCUT2D eigenvalue weighted by atomic mass is 9.82. The first-order chi connectivity index (χ1) is 9.53. The lowest BCUT2D eigenvalue weighted by molar-refractivity contribution is -0.151. The first-order valence-electron chi connectivity index (χ1n) is 6.43. The highest BCUT2D eigenvalue weighted by molar-refractivity contribution is 9.10. The Balaban J connectivity index is 1.88. The minimum Gasteiger partial charge on any atom is -0.277 e. The maximum Gasteiger partial charge on any atom is 0.331 e. The number of hydrogen-bond acceptors (Lipinski definition) is 4. The zero-order chi connectivity index (χ0) is 14.3. The maximum absolute atomic E-state index is 12.6. The van der Waals surface area contributed by atoms with E-state index in [0.717, 1.165) is 22.2 Å². The van der Waals surface area contributed by atoms with E-state index in [1.165, 1.54) is 16.2 Å². The second-order valence-corrected chi connectivity index (χ2v) is 7.08. The van der Waals surface area contributed by atoms with Crippen molar-refractivity contribution in [1.29, 1.82) is 0 Å². The van der Waals surface area contributed by atoms with Crippen LogP contribution in [0.2, 0.25) is 0 Å². The van der Waals surface area contributed by atoms with Crippen LogP contribution in [0.5, 0.6) is 0 Å². The Morgan fingerprint density at radius 3 is 2.60 bits per heavy atom. The number of carbonyl (C=O) groups excluding carboxylic acids is 3. The molecular formula is C13H13BrN2O3S. The summed E-state index contributed by atoms with van der Waals surface area (Å²) in [4.78, 5) is 38.7. The summed E-state index contributed by atoms with van der Waals surface area (Å²) >= 11 is 4.82. The van der Waals surface area contributed by atoms with E-state index in [2.05, 4.69) is 21.2 Å². The van der Waals surface area contributed by atoms with Crippen molar-refractivity contribution in [3.63, 3.8) is 0 Å². The van der Waals surface area contributed by atoms with Crippen molar-refractivity contribution in [3.05, 3.63) is 20.8 Å². The predicted octanol–water partition coefficient (Wildman–Crippen LogP) is 2.65. The normalized spacial score (nSPS) is 21.6. The minimum atomic E-state index is -1.01. The van der Waals surface area contributed by atoms with E-state index >= 15 is 0 Å². The van der Waals surface area contributed by atoms with Gasteiger partial charge in [-0.25, -0.2) is 4.79 Å². The third-order valence-electron chi connectivity index (χ3n) is 3.95. The largest absolute Gasteiger partial charge is 0.331 e. The number of rotatable bonds is 2. The van der Waals surface area contributed by atoms with E-state index in [0.29, 0.717) is 12.8 Å². The van der Waals surface area contributed by atoms with E-state index < -0.39 is 17.4 Å². The van der Waals surface area contributed by atoms with E-state index in [9.17, 15) is 14.4 Å². The van der Waals surface area contributed by atoms with Crippen molar-refractivity contribution in [2.24, 2.45) is 5.41 Å². The van der Waals surface area contributed by atoms with Crippen LogP contribution >= 0.6 is 27.3 Å². The first-order valence-corrected chi connectivity index (χ1v) is 8.10. The number of urea groups is 1. The van der Waals surface area contributed by atoms with E-state index in [4.69, 9.17) is 0 Å². The third kappa shape index (κ3) is 2.09. The summed E-state index contributed by atoms with van der Waals surface area (Å²) in [7, 11) is 0. The summed E-state index contributed by atoms with van der Waals surface area (Å²) < 4.78 is 0.925. The second kappa shape index (κ2) is 4.96. The van der Waals surface area contributed by atoms with Gasteiger partial charge < -0.3 is 0 Å². The van der Waals surface area contributed by atoms with Crippen LogP contribution in [0.1, 0.15) is 30.6 Å². The van der Waals surface area contributed by atoms with Gasteiger partial charge in [0.05, 0.1) is 6.54 Å². The van der Waals surface area contributed by atoms with Crippen LogP contribution in [-0.2, 0) is 16.1 Å². The first kappa shape index (κ1) is 13.8. The molecule has 1 aliphatic heterocycles. The van der Waals surface area contributed by atoms with Gasteiger partial charge in [0.15, 0.2) is 0 Å². The average Bonchev–Trinajstić information content (AvgIpc) is 3.03. The molecule has 20 heavy (non-hydrogen) atoms. The van der Waals surface area contributed by atoms with Crippen LogP contribution in [0.4, 0.5) is 4.79 Å². The maximum atomic E-state index is 12.6. The monoisotopic (exact) mass is 356 g/mol. The predicted molar refractivity (Wildman–Crippen MR) is 77.0 cm³/mol. The van der Waals surface area contributed by atoms with Crippen molar-refractivity contribution < 1.29 is 14.4 Å². The van der Waals surface area contributed by atoms with Crippen LogP contribution in [0, 0.1) is 5.41 Å². The number of carbonyl (C=O) groups is 3. The van der Waals surface area contributed by atoms with Crippen molar-refractivity contribution in [2.75, 3.05) is 0 Å². The highest BCUT2D eigenvalue weighted by Gasteiger charge is 2.54. The Hall–Kier alpha value is -1.21. The number of thiophene rings is 1. The summed E-state index contributed by atoms with van der Waals surface area (Å²) in [6, 6.07) is 1.27. The zero-order valence-corrected chi connectivity index (χ0v) is 13.1. The molecule has 2 fully saturated rings. The molecule has 0 atom stereocenters. The fourth-order valence-corrected chi connectivity index (χ4v) is 4.33. The van der Waals surface area contributed by atoms with Crippen molar-refractivity contribution in [1.82, 2.24) is 10.2 Å². The standard InChI is InChI=1S/C13H13BrN2O3S/c14-8-5-9(20-7-8)6-16-11(18)13(3-1-2-4-13)10(17)15-12(16)19/h5,7H,1-4,6H2,(H,15,17,19). The number of nitrogens with one attached hydrogen (secondary N) is 1. The van der Waals surface area contributed by atoms with Gasteiger partial charge in [0.2, 0.25) is 11.8 Å². The topological polar surface area (TPSA) is 66.5 Å². The fourth-order valence-electron chi connectivity index (χ4n) is 2.89. The lowest BCUT2D eigenvalue weighted by Gasteiger charge is -2.36. The van der Waals surface area contributed by atoms with Crippen LogP contribution in [0.15, 0.2) is 15.9 Å². The van der Waals surface area contributed by atoms with E-state index in [1.54, 1.807) is 0 Å². The quantitative estimate of drug-likeness (QED) is 0.828. The van der Waals surface area contributed by atoms with Gasteiger partial charge in [-0.3, -0.25) is 19.8 Å².